The lowest BCUT2D eigenvalue weighted by Gasteiger charge is -2.24. The number of aryl methyl sites for hydroxylation is 1. The van der Waals surface area contributed by atoms with Gasteiger partial charge in [0.2, 0.25) is 0 Å². The van der Waals surface area contributed by atoms with Crippen molar-refractivity contribution in [3.8, 4) is 0 Å². The van der Waals surface area contributed by atoms with Crippen molar-refractivity contribution in [1.82, 2.24) is 20.2 Å². The normalized spacial score (nSPS) is 22.2. The lowest BCUT2D eigenvalue weighted by molar-refractivity contribution is 0.546. The van der Waals surface area contributed by atoms with Gasteiger partial charge in [-0.3, -0.25) is 0 Å². The van der Waals surface area contributed by atoms with Crippen molar-refractivity contribution < 1.29 is 0 Å². The molecule has 0 saturated heterocycles. The summed E-state index contributed by atoms with van der Waals surface area (Å²) in [5.41, 5.74) is 6.94. The Labute approximate surface area is 70.2 Å². The van der Waals surface area contributed by atoms with E-state index in [9.17, 15) is 0 Å². The minimum atomic E-state index is 0.341. The van der Waals surface area contributed by atoms with E-state index in [1.54, 1.807) is 7.05 Å². The Morgan fingerprint density at radius 1 is 1.58 bits per heavy atom. The summed E-state index contributed by atoms with van der Waals surface area (Å²) in [5.74, 6) is 0.680. The first-order valence-electron chi connectivity index (χ1n) is 3.93. The molecule has 1 saturated carbocycles. The fourth-order valence-corrected chi connectivity index (χ4v) is 1.27. The molecule has 1 aliphatic rings. The maximum atomic E-state index is 5.63. The number of nitrogens with zero attached hydrogens (tertiary/aromatic N) is 4. The topological polar surface area (TPSA) is 69.6 Å². The van der Waals surface area contributed by atoms with E-state index in [2.05, 4.69) is 15.4 Å². The largest absolute Gasteiger partial charge is 0.327 e. The molecule has 5 nitrogen and oxygen atoms in total. The molecule has 0 bridgehead atoms. The molecule has 0 aliphatic heterocycles. The van der Waals surface area contributed by atoms with Crippen LogP contribution in [0.4, 0.5) is 0 Å². The van der Waals surface area contributed by atoms with Gasteiger partial charge in [-0.2, -0.15) is 4.80 Å². The van der Waals surface area contributed by atoms with Gasteiger partial charge in [0.15, 0.2) is 5.82 Å². The van der Waals surface area contributed by atoms with Gasteiger partial charge < -0.3 is 5.73 Å². The van der Waals surface area contributed by atoms with Gasteiger partial charge in [0.1, 0.15) is 0 Å². The SMILES string of the molecule is Cn1nnc(C=C2CC(N)C2)n1. The quantitative estimate of drug-likeness (QED) is 0.621. The fraction of sp³-hybridized carbons (Fsp3) is 0.571. The van der Waals surface area contributed by atoms with Gasteiger partial charge in [0, 0.05) is 6.04 Å². The molecule has 5 heteroatoms. The number of hydrogen-bond donors (Lipinski definition) is 1. The summed E-state index contributed by atoms with van der Waals surface area (Å²) >= 11 is 0. The molecule has 12 heavy (non-hydrogen) atoms. The fourth-order valence-electron chi connectivity index (χ4n) is 1.27. The number of tetrazole rings is 1. The molecule has 0 spiro atoms. The Hall–Kier alpha value is -1.23. The molecule has 1 heterocycles. The van der Waals surface area contributed by atoms with Crippen molar-refractivity contribution in [2.24, 2.45) is 12.8 Å². The molecule has 1 aromatic heterocycles. The second-order valence-electron chi connectivity index (χ2n) is 3.11. The monoisotopic (exact) mass is 165 g/mol. The molecule has 64 valence electrons. The third kappa shape index (κ3) is 1.35. The Morgan fingerprint density at radius 2 is 2.33 bits per heavy atom. The van der Waals surface area contributed by atoms with Gasteiger partial charge in [-0.25, -0.2) is 0 Å². The first-order valence-corrected chi connectivity index (χ1v) is 3.93. The van der Waals surface area contributed by atoms with Crippen LogP contribution < -0.4 is 5.73 Å². The molecule has 0 radical (unpaired) electrons. The van der Waals surface area contributed by atoms with Crippen molar-refractivity contribution in [3.05, 3.63) is 11.4 Å². The van der Waals surface area contributed by atoms with E-state index in [1.165, 1.54) is 10.4 Å². The van der Waals surface area contributed by atoms with Crippen LogP contribution in [0.5, 0.6) is 0 Å². The molecule has 2 rings (SSSR count). The van der Waals surface area contributed by atoms with E-state index in [4.69, 9.17) is 5.73 Å². The average molecular weight is 165 g/mol. The molecule has 0 unspecified atom stereocenters. The van der Waals surface area contributed by atoms with Crippen molar-refractivity contribution >= 4 is 6.08 Å². The average Bonchev–Trinajstić information content (AvgIpc) is 2.33. The molecular formula is C7H11N5. The molecular weight excluding hydrogens is 154 g/mol. The first-order chi connectivity index (χ1) is 5.74. The zero-order chi connectivity index (χ0) is 8.55. The third-order valence-electron chi connectivity index (χ3n) is 1.91. The van der Waals surface area contributed by atoms with Gasteiger partial charge in [-0.1, -0.05) is 5.57 Å². The molecule has 0 aromatic carbocycles. The van der Waals surface area contributed by atoms with Crippen LogP contribution >= 0.6 is 0 Å². The predicted molar refractivity (Wildman–Crippen MR) is 44.0 cm³/mol. The second kappa shape index (κ2) is 2.67. The van der Waals surface area contributed by atoms with Gasteiger partial charge in [-0.15, -0.1) is 10.2 Å². The molecule has 0 amide bonds. The number of hydrogen-bond acceptors (Lipinski definition) is 4. The van der Waals surface area contributed by atoms with Gasteiger partial charge in [0.05, 0.1) is 7.05 Å². The minimum Gasteiger partial charge on any atom is -0.327 e. The van der Waals surface area contributed by atoms with Gasteiger partial charge in [-0.05, 0) is 24.1 Å². The van der Waals surface area contributed by atoms with Crippen LogP contribution in [-0.4, -0.2) is 26.2 Å². The lowest BCUT2D eigenvalue weighted by atomic mass is 9.87. The van der Waals surface area contributed by atoms with Crippen LogP contribution in [0.3, 0.4) is 0 Å². The molecule has 1 fully saturated rings. The Kier molecular flexibility index (Phi) is 1.65. The number of nitrogens with two attached hydrogens (primary N) is 1. The Bertz CT molecular complexity index is 305. The molecule has 2 N–H and O–H groups in total. The van der Waals surface area contributed by atoms with E-state index in [1.807, 2.05) is 6.08 Å². The smallest absolute Gasteiger partial charge is 0.197 e. The van der Waals surface area contributed by atoms with Crippen LogP contribution in [0.1, 0.15) is 18.7 Å². The van der Waals surface area contributed by atoms with Gasteiger partial charge in [0.25, 0.3) is 0 Å². The zero-order valence-electron chi connectivity index (χ0n) is 6.94. The second-order valence-corrected chi connectivity index (χ2v) is 3.11. The van der Waals surface area contributed by atoms with Crippen LogP contribution in [-0.2, 0) is 7.05 Å². The Balaban J connectivity index is 2.08. The van der Waals surface area contributed by atoms with E-state index >= 15 is 0 Å². The summed E-state index contributed by atoms with van der Waals surface area (Å²) in [6, 6.07) is 0.341. The molecule has 1 aliphatic carbocycles. The zero-order valence-corrected chi connectivity index (χ0v) is 6.94. The summed E-state index contributed by atoms with van der Waals surface area (Å²) in [7, 11) is 1.75. The minimum absolute atomic E-state index is 0.341. The highest BCUT2D eigenvalue weighted by molar-refractivity contribution is 5.47. The summed E-state index contributed by atoms with van der Waals surface area (Å²) in [4.78, 5) is 1.45. The van der Waals surface area contributed by atoms with Crippen molar-refractivity contribution in [2.75, 3.05) is 0 Å². The van der Waals surface area contributed by atoms with Crippen LogP contribution in [0.25, 0.3) is 6.08 Å². The standard InChI is InChI=1S/C7H11N5/c1-12-10-7(9-11-12)4-5-2-6(8)3-5/h4,6H,2-3,8H2,1H3. The Morgan fingerprint density at radius 3 is 2.83 bits per heavy atom. The van der Waals surface area contributed by atoms with Gasteiger partial charge >= 0.3 is 0 Å². The summed E-state index contributed by atoms with van der Waals surface area (Å²) < 4.78 is 0. The van der Waals surface area contributed by atoms with Crippen LogP contribution in [0.2, 0.25) is 0 Å². The van der Waals surface area contributed by atoms with E-state index in [-0.39, 0.29) is 0 Å². The molecule has 1 aromatic rings. The van der Waals surface area contributed by atoms with Crippen molar-refractivity contribution in [3.63, 3.8) is 0 Å². The highest BCUT2D eigenvalue weighted by Crippen LogP contribution is 2.25. The van der Waals surface area contributed by atoms with Crippen LogP contribution in [0.15, 0.2) is 5.57 Å². The van der Waals surface area contributed by atoms with Crippen molar-refractivity contribution in [2.45, 2.75) is 18.9 Å². The van der Waals surface area contributed by atoms with E-state index in [0.717, 1.165) is 12.8 Å². The maximum absolute atomic E-state index is 5.63. The third-order valence-corrected chi connectivity index (χ3v) is 1.91. The van der Waals surface area contributed by atoms with Crippen LogP contribution in [0, 0.1) is 0 Å². The number of rotatable bonds is 1. The van der Waals surface area contributed by atoms with E-state index in [0.29, 0.717) is 11.9 Å². The highest BCUT2D eigenvalue weighted by Gasteiger charge is 2.18. The first kappa shape index (κ1) is 7.42. The lowest BCUT2D eigenvalue weighted by Crippen LogP contribution is -2.29. The highest BCUT2D eigenvalue weighted by atomic mass is 15.6. The number of aromatic nitrogens is 4. The maximum Gasteiger partial charge on any atom is 0.197 e. The van der Waals surface area contributed by atoms with E-state index < -0.39 is 0 Å². The summed E-state index contributed by atoms with van der Waals surface area (Å²) in [5, 5.41) is 11.6. The molecule has 0 atom stereocenters. The van der Waals surface area contributed by atoms with Crippen molar-refractivity contribution in [1.29, 1.82) is 0 Å². The summed E-state index contributed by atoms with van der Waals surface area (Å²) in [6.45, 7) is 0. The predicted octanol–water partition coefficient (Wildman–Crippen LogP) is -0.285. The summed E-state index contributed by atoms with van der Waals surface area (Å²) in [6.07, 6.45) is 3.90.